The van der Waals surface area contributed by atoms with Gasteiger partial charge in [0.2, 0.25) is 5.91 Å². The number of anilines is 1. The largest absolute Gasteiger partial charge is 0.467 e. The van der Waals surface area contributed by atoms with E-state index in [4.69, 9.17) is 4.42 Å². The maximum atomic E-state index is 11.7. The SMILES string of the molecule is C[C@@H]1C(=O)Nc2ccc(C3=NNC(=NCc4ccco4)SC3)cc21. The number of amidine groups is 1. The highest BCUT2D eigenvalue weighted by atomic mass is 32.2. The summed E-state index contributed by atoms with van der Waals surface area (Å²) in [6.45, 7) is 2.41. The van der Waals surface area contributed by atoms with Crippen molar-refractivity contribution in [2.24, 2.45) is 10.1 Å². The number of aliphatic imine (C=N–C) groups is 1. The van der Waals surface area contributed by atoms with Gasteiger partial charge < -0.3 is 9.73 Å². The van der Waals surface area contributed by atoms with Crippen molar-refractivity contribution in [2.45, 2.75) is 19.4 Å². The molecule has 4 rings (SSSR count). The number of benzene rings is 1. The number of furan rings is 1. The van der Waals surface area contributed by atoms with Gasteiger partial charge in [0.25, 0.3) is 0 Å². The summed E-state index contributed by atoms with van der Waals surface area (Å²) in [6.07, 6.45) is 1.64. The van der Waals surface area contributed by atoms with E-state index in [-0.39, 0.29) is 11.8 Å². The number of amides is 1. The zero-order valence-electron chi connectivity index (χ0n) is 13.1. The average Bonchev–Trinajstić information content (AvgIpc) is 3.22. The fourth-order valence-corrected chi connectivity index (χ4v) is 3.46. The lowest BCUT2D eigenvalue weighted by molar-refractivity contribution is -0.116. The fourth-order valence-electron chi connectivity index (χ4n) is 2.69. The topological polar surface area (TPSA) is 79.0 Å². The Bertz CT molecular complexity index is 842. The van der Waals surface area contributed by atoms with Gasteiger partial charge in [0.15, 0.2) is 5.17 Å². The fraction of sp³-hybridized carbons (Fsp3) is 0.235. The van der Waals surface area contributed by atoms with Crippen molar-refractivity contribution < 1.29 is 9.21 Å². The van der Waals surface area contributed by atoms with Crippen LogP contribution in [0.25, 0.3) is 0 Å². The number of nitrogens with zero attached hydrogens (tertiary/aromatic N) is 2. The van der Waals surface area contributed by atoms with E-state index in [0.29, 0.717) is 6.54 Å². The predicted octanol–water partition coefficient (Wildman–Crippen LogP) is 2.93. The first-order valence-electron chi connectivity index (χ1n) is 7.68. The summed E-state index contributed by atoms with van der Waals surface area (Å²) in [7, 11) is 0. The van der Waals surface area contributed by atoms with Gasteiger partial charge in [-0.2, -0.15) is 5.10 Å². The number of carbonyl (C=O) groups excluding carboxylic acids is 1. The first kappa shape index (κ1) is 15.0. The second kappa shape index (κ2) is 6.16. The van der Waals surface area contributed by atoms with Gasteiger partial charge in [0, 0.05) is 11.4 Å². The lowest BCUT2D eigenvalue weighted by atomic mass is 9.99. The van der Waals surface area contributed by atoms with Crippen LogP contribution in [0.2, 0.25) is 0 Å². The Labute approximate surface area is 143 Å². The van der Waals surface area contributed by atoms with Crippen molar-refractivity contribution in [2.75, 3.05) is 11.1 Å². The Morgan fingerprint density at radius 2 is 2.33 bits per heavy atom. The molecular weight excluding hydrogens is 324 g/mol. The number of nitrogens with one attached hydrogen (secondary N) is 2. The van der Waals surface area contributed by atoms with Crippen LogP contribution < -0.4 is 10.7 Å². The highest BCUT2D eigenvalue weighted by Crippen LogP contribution is 2.33. The third kappa shape index (κ3) is 2.82. The quantitative estimate of drug-likeness (QED) is 0.900. The Morgan fingerprint density at radius 1 is 1.42 bits per heavy atom. The van der Waals surface area contributed by atoms with Crippen LogP contribution >= 0.6 is 11.8 Å². The van der Waals surface area contributed by atoms with Crippen LogP contribution in [0.4, 0.5) is 5.69 Å². The van der Waals surface area contributed by atoms with Crippen molar-refractivity contribution in [1.29, 1.82) is 0 Å². The summed E-state index contributed by atoms with van der Waals surface area (Å²) in [4.78, 5) is 16.2. The Hall–Kier alpha value is -2.54. The smallest absolute Gasteiger partial charge is 0.231 e. The van der Waals surface area contributed by atoms with Crippen LogP contribution in [-0.2, 0) is 11.3 Å². The number of fused-ring (bicyclic) bond motifs is 1. The molecule has 1 aromatic carbocycles. The summed E-state index contributed by atoms with van der Waals surface area (Å²) in [5, 5.41) is 8.10. The molecule has 1 aromatic heterocycles. The highest BCUT2D eigenvalue weighted by molar-refractivity contribution is 8.14. The van der Waals surface area contributed by atoms with Crippen molar-refractivity contribution in [3.05, 3.63) is 53.5 Å². The number of hydrogen-bond donors (Lipinski definition) is 2. The first-order chi connectivity index (χ1) is 11.7. The molecule has 2 aromatic rings. The molecule has 6 nitrogen and oxygen atoms in total. The number of carbonyl (C=O) groups is 1. The normalized spacial score (nSPS) is 21.2. The van der Waals surface area contributed by atoms with E-state index >= 15 is 0 Å². The van der Waals surface area contributed by atoms with Crippen molar-refractivity contribution >= 4 is 34.2 Å². The van der Waals surface area contributed by atoms with Crippen LogP contribution in [0.1, 0.15) is 29.7 Å². The summed E-state index contributed by atoms with van der Waals surface area (Å²) in [6, 6.07) is 9.72. The number of hydrazone groups is 1. The number of hydrogen-bond acceptors (Lipinski definition) is 5. The summed E-state index contributed by atoms with van der Waals surface area (Å²) < 4.78 is 5.26. The number of rotatable bonds is 3. The summed E-state index contributed by atoms with van der Waals surface area (Å²) >= 11 is 1.61. The second-order valence-electron chi connectivity index (χ2n) is 5.67. The number of thioether (sulfide) groups is 1. The van der Waals surface area contributed by atoms with E-state index in [2.05, 4.69) is 20.8 Å². The molecule has 1 amide bonds. The zero-order valence-corrected chi connectivity index (χ0v) is 13.9. The van der Waals surface area contributed by atoms with Gasteiger partial charge in [-0.05, 0) is 42.3 Å². The molecule has 0 spiro atoms. The molecule has 0 unspecified atom stereocenters. The van der Waals surface area contributed by atoms with Crippen LogP contribution in [-0.4, -0.2) is 22.5 Å². The minimum absolute atomic E-state index is 0.0487. The molecule has 2 N–H and O–H groups in total. The van der Waals surface area contributed by atoms with Crippen LogP contribution in [0.5, 0.6) is 0 Å². The maximum absolute atomic E-state index is 11.7. The molecule has 24 heavy (non-hydrogen) atoms. The standard InChI is InChI=1S/C17H16N4O2S/c1-10-13-7-11(4-5-14(13)19-16(10)22)15-9-24-17(21-20-15)18-8-12-3-2-6-23-12/h2-7,10H,8-9H2,1H3,(H,18,21)(H,19,22)/t10-/m0/s1. The van der Waals surface area contributed by atoms with Gasteiger partial charge in [-0.3, -0.25) is 15.2 Å². The molecule has 1 atom stereocenters. The van der Waals surface area contributed by atoms with Crippen molar-refractivity contribution in [3.8, 4) is 0 Å². The molecule has 3 heterocycles. The molecule has 0 saturated heterocycles. The van der Waals surface area contributed by atoms with E-state index in [1.165, 1.54) is 0 Å². The Kier molecular flexibility index (Phi) is 3.86. The van der Waals surface area contributed by atoms with Crippen molar-refractivity contribution in [3.63, 3.8) is 0 Å². The lowest BCUT2D eigenvalue weighted by Crippen LogP contribution is -2.25. The van der Waals surface area contributed by atoms with Gasteiger partial charge in [0.05, 0.1) is 24.4 Å². The van der Waals surface area contributed by atoms with E-state index in [1.54, 1.807) is 18.0 Å². The minimum atomic E-state index is -0.116. The monoisotopic (exact) mass is 340 g/mol. The van der Waals surface area contributed by atoms with Crippen LogP contribution in [0, 0.1) is 0 Å². The third-order valence-electron chi connectivity index (χ3n) is 4.09. The maximum Gasteiger partial charge on any atom is 0.231 e. The zero-order chi connectivity index (χ0) is 16.5. The molecular formula is C17H16N4O2S. The highest BCUT2D eigenvalue weighted by Gasteiger charge is 2.27. The molecule has 0 bridgehead atoms. The molecule has 7 heteroatoms. The molecule has 0 saturated carbocycles. The van der Waals surface area contributed by atoms with Crippen molar-refractivity contribution in [1.82, 2.24) is 5.43 Å². The molecule has 2 aliphatic rings. The Morgan fingerprint density at radius 3 is 3.08 bits per heavy atom. The Balaban J connectivity index is 1.49. The lowest BCUT2D eigenvalue weighted by Gasteiger charge is -2.15. The van der Waals surface area contributed by atoms with Gasteiger partial charge in [-0.15, -0.1) is 0 Å². The van der Waals surface area contributed by atoms with Gasteiger partial charge in [0.1, 0.15) is 5.76 Å². The molecule has 0 aliphatic carbocycles. The summed E-state index contributed by atoms with van der Waals surface area (Å²) in [5.41, 5.74) is 6.90. The first-order valence-corrected chi connectivity index (χ1v) is 8.66. The second-order valence-corrected chi connectivity index (χ2v) is 6.64. The molecule has 2 aliphatic heterocycles. The average molecular weight is 340 g/mol. The third-order valence-corrected chi connectivity index (χ3v) is 5.00. The van der Waals surface area contributed by atoms with Crippen LogP contribution in [0.15, 0.2) is 51.1 Å². The molecule has 122 valence electrons. The van der Waals surface area contributed by atoms with Gasteiger partial charge >= 0.3 is 0 Å². The molecule has 0 radical (unpaired) electrons. The minimum Gasteiger partial charge on any atom is -0.467 e. The predicted molar refractivity (Wildman–Crippen MR) is 95.5 cm³/mol. The van der Waals surface area contributed by atoms with E-state index in [9.17, 15) is 4.79 Å². The summed E-state index contributed by atoms with van der Waals surface area (Å²) in [5.74, 6) is 1.49. The van der Waals surface area contributed by atoms with E-state index in [0.717, 1.165) is 39.2 Å². The molecule has 0 fully saturated rings. The van der Waals surface area contributed by atoms with Crippen LogP contribution in [0.3, 0.4) is 0 Å². The van der Waals surface area contributed by atoms with Gasteiger partial charge in [-0.25, -0.2) is 0 Å². The van der Waals surface area contributed by atoms with Gasteiger partial charge in [-0.1, -0.05) is 17.8 Å². The van der Waals surface area contributed by atoms with E-state index < -0.39 is 0 Å². The van der Waals surface area contributed by atoms with E-state index in [1.807, 2.05) is 37.3 Å².